The number of carbonyl (C=O) groups is 1. The average molecular weight is 484 g/mol. The van der Waals surface area contributed by atoms with E-state index in [1.54, 1.807) is 0 Å². The van der Waals surface area contributed by atoms with Gasteiger partial charge in [-0.25, -0.2) is 0 Å². The van der Waals surface area contributed by atoms with Crippen molar-refractivity contribution in [1.82, 2.24) is 0 Å². The van der Waals surface area contributed by atoms with Crippen LogP contribution in [0.25, 0.3) is 0 Å². The van der Waals surface area contributed by atoms with Gasteiger partial charge in [0.05, 0.1) is 11.4 Å². The smallest absolute Gasteiger partial charge is 0.308 e. The van der Waals surface area contributed by atoms with Crippen molar-refractivity contribution in [2.75, 3.05) is 6.61 Å². The summed E-state index contributed by atoms with van der Waals surface area (Å²) in [7, 11) is 0. The van der Waals surface area contributed by atoms with E-state index in [4.69, 9.17) is 14.2 Å². The molecule has 0 aliphatic carbocycles. The van der Waals surface area contributed by atoms with Gasteiger partial charge in [0.15, 0.2) is 0 Å². The molecule has 2 aromatic carbocycles. The fourth-order valence-electron chi connectivity index (χ4n) is 4.40. The van der Waals surface area contributed by atoms with Crippen LogP contribution in [0.4, 0.5) is 4.79 Å². The lowest BCUT2D eigenvalue weighted by atomic mass is 9.87. The Labute approximate surface area is 205 Å². The standard InChI is InChI=1S/C27H33NO5S/c1-15(2)32-25-22(34-26(30)28-25)13-19-7-9-20(10-8-19)31-14-27(6)12-11-21-18(5)23(29)16(3)17(4)24(21)33-27/h7-10,15,22,29H,11-14H2,1-6H3. The van der Waals surface area contributed by atoms with E-state index in [0.717, 1.165) is 52.2 Å². The minimum absolute atomic E-state index is 0.0128. The van der Waals surface area contributed by atoms with Gasteiger partial charge in [0.1, 0.15) is 29.5 Å². The van der Waals surface area contributed by atoms with Crippen LogP contribution in [0.2, 0.25) is 0 Å². The van der Waals surface area contributed by atoms with Crippen molar-refractivity contribution in [2.45, 2.75) is 77.8 Å². The van der Waals surface area contributed by atoms with Gasteiger partial charge in [-0.15, -0.1) is 0 Å². The van der Waals surface area contributed by atoms with Crippen molar-refractivity contribution in [3.8, 4) is 17.2 Å². The van der Waals surface area contributed by atoms with Crippen molar-refractivity contribution in [1.29, 1.82) is 0 Å². The van der Waals surface area contributed by atoms with Crippen LogP contribution in [0.1, 0.15) is 55.0 Å². The molecular formula is C27H33NO5S. The highest BCUT2D eigenvalue weighted by atomic mass is 32.2. The molecule has 2 heterocycles. The van der Waals surface area contributed by atoms with E-state index < -0.39 is 5.60 Å². The summed E-state index contributed by atoms with van der Waals surface area (Å²) >= 11 is 1.21. The first kappa shape index (κ1) is 24.5. The van der Waals surface area contributed by atoms with Gasteiger partial charge in [0.25, 0.3) is 0 Å². The zero-order chi connectivity index (χ0) is 24.6. The zero-order valence-corrected chi connectivity index (χ0v) is 21.5. The Kier molecular flexibility index (Phi) is 6.85. The predicted octanol–water partition coefficient (Wildman–Crippen LogP) is 6.08. The van der Waals surface area contributed by atoms with Gasteiger partial charge < -0.3 is 19.3 Å². The number of carbonyl (C=O) groups excluding carboxylic acids is 1. The van der Waals surface area contributed by atoms with Crippen LogP contribution in [-0.4, -0.2) is 39.8 Å². The highest BCUT2D eigenvalue weighted by Crippen LogP contribution is 2.43. The van der Waals surface area contributed by atoms with Crippen LogP contribution in [0.5, 0.6) is 17.2 Å². The van der Waals surface area contributed by atoms with E-state index in [9.17, 15) is 9.90 Å². The summed E-state index contributed by atoms with van der Waals surface area (Å²) in [5.74, 6) is 2.54. The van der Waals surface area contributed by atoms with Crippen LogP contribution in [-0.2, 0) is 17.6 Å². The summed E-state index contributed by atoms with van der Waals surface area (Å²) in [5, 5.41) is 10.1. The average Bonchev–Trinajstić information content (AvgIpc) is 3.13. The van der Waals surface area contributed by atoms with E-state index in [-0.39, 0.29) is 16.6 Å². The molecule has 6 nitrogen and oxygen atoms in total. The number of hydrogen-bond donors (Lipinski definition) is 1. The summed E-state index contributed by atoms with van der Waals surface area (Å²) in [6.07, 6.45) is 2.31. The second kappa shape index (κ2) is 9.53. The Balaban J connectivity index is 1.39. The van der Waals surface area contributed by atoms with Gasteiger partial charge in [-0.3, -0.25) is 4.79 Å². The number of thioether (sulfide) groups is 1. The fraction of sp³-hybridized carbons (Fsp3) is 0.481. The molecule has 0 aromatic heterocycles. The van der Waals surface area contributed by atoms with E-state index in [0.29, 0.717) is 24.7 Å². The van der Waals surface area contributed by atoms with Crippen LogP contribution >= 0.6 is 11.8 Å². The van der Waals surface area contributed by atoms with Crippen LogP contribution < -0.4 is 9.47 Å². The molecule has 0 saturated carbocycles. The van der Waals surface area contributed by atoms with Crippen molar-refractivity contribution in [3.05, 3.63) is 52.1 Å². The number of phenols is 1. The van der Waals surface area contributed by atoms with E-state index in [2.05, 4.69) is 11.9 Å². The first-order chi connectivity index (χ1) is 16.1. The molecule has 2 aliphatic heterocycles. The number of nitrogens with zero attached hydrogens (tertiary/aromatic N) is 1. The lowest BCUT2D eigenvalue weighted by Gasteiger charge is -2.37. The van der Waals surface area contributed by atoms with Crippen molar-refractivity contribution >= 4 is 22.9 Å². The molecule has 34 heavy (non-hydrogen) atoms. The van der Waals surface area contributed by atoms with Crippen molar-refractivity contribution in [3.63, 3.8) is 0 Å². The van der Waals surface area contributed by atoms with Crippen LogP contribution in [0.15, 0.2) is 29.3 Å². The number of amides is 1. The number of fused-ring (bicyclic) bond motifs is 1. The molecule has 0 saturated heterocycles. The number of hydrogen-bond acceptors (Lipinski definition) is 6. The quantitative estimate of drug-likeness (QED) is 0.536. The number of ether oxygens (including phenoxy) is 3. The molecule has 1 N–H and O–H groups in total. The Morgan fingerprint density at radius 1 is 1.18 bits per heavy atom. The van der Waals surface area contributed by atoms with Gasteiger partial charge >= 0.3 is 5.24 Å². The summed E-state index contributed by atoms with van der Waals surface area (Å²) < 4.78 is 18.3. The molecule has 1 amide bonds. The lowest BCUT2D eigenvalue weighted by molar-refractivity contribution is 0.0166. The summed E-state index contributed by atoms with van der Waals surface area (Å²) in [6, 6.07) is 7.94. The maximum Gasteiger partial charge on any atom is 0.308 e. The molecule has 4 rings (SSSR count). The molecule has 0 radical (unpaired) electrons. The second-order valence-corrected chi connectivity index (χ2v) is 10.9. The molecule has 0 spiro atoms. The first-order valence-corrected chi connectivity index (χ1v) is 12.6. The van der Waals surface area contributed by atoms with Gasteiger partial charge in [0, 0.05) is 5.56 Å². The summed E-state index contributed by atoms with van der Waals surface area (Å²) in [5.41, 5.74) is 4.50. The number of rotatable bonds is 6. The molecule has 2 aliphatic rings. The maximum absolute atomic E-state index is 11.8. The third kappa shape index (κ3) is 5.04. The molecule has 2 unspecified atom stereocenters. The maximum atomic E-state index is 11.8. The Hall–Kier alpha value is -2.67. The fourth-order valence-corrected chi connectivity index (χ4v) is 5.27. The molecule has 2 aromatic rings. The molecular weight excluding hydrogens is 450 g/mol. The minimum atomic E-state index is -0.452. The Morgan fingerprint density at radius 3 is 2.56 bits per heavy atom. The van der Waals surface area contributed by atoms with Crippen LogP contribution in [0, 0.1) is 20.8 Å². The third-order valence-corrected chi connectivity index (χ3v) is 7.50. The molecule has 0 bridgehead atoms. The highest BCUT2D eigenvalue weighted by Gasteiger charge is 2.35. The van der Waals surface area contributed by atoms with Gasteiger partial charge in [-0.1, -0.05) is 12.1 Å². The Bertz CT molecular complexity index is 1130. The predicted molar refractivity (Wildman–Crippen MR) is 136 cm³/mol. The molecule has 182 valence electrons. The first-order valence-electron chi connectivity index (χ1n) is 11.7. The molecule has 2 atom stereocenters. The normalized spacial score (nSPS) is 21.8. The van der Waals surface area contributed by atoms with E-state index in [1.165, 1.54) is 11.8 Å². The van der Waals surface area contributed by atoms with E-state index >= 15 is 0 Å². The number of benzene rings is 2. The van der Waals surface area contributed by atoms with Gasteiger partial charge in [0.2, 0.25) is 5.90 Å². The van der Waals surface area contributed by atoms with E-state index in [1.807, 2.05) is 58.9 Å². The van der Waals surface area contributed by atoms with Gasteiger partial charge in [-0.05, 0) is 107 Å². The lowest BCUT2D eigenvalue weighted by Crippen LogP contribution is -2.42. The van der Waals surface area contributed by atoms with Gasteiger partial charge in [-0.2, -0.15) is 4.99 Å². The number of aliphatic imine (C=N–C) groups is 1. The largest absolute Gasteiger partial charge is 0.507 e. The van der Waals surface area contributed by atoms with Crippen molar-refractivity contribution in [2.24, 2.45) is 4.99 Å². The third-order valence-electron chi connectivity index (χ3n) is 6.56. The number of phenolic OH excluding ortho intramolecular Hbond substituents is 1. The number of aromatic hydroxyl groups is 1. The molecule has 7 heteroatoms. The second-order valence-electron chi connectivity index (χ2n) is 9.71. The SMILES string of the molecule is Cc1c(C)c2c(c(C)c1O)CCC(C)(COc1ccc(CC3SC(=O)N=C3OC(C)C)cc1)O2. The summed E-state index contributed by atoms with van der Waals surface area (Å²) in [6.45, 7) is 12.2. The highest BCUT2D eigenvalue weighted by molar-refractivity contribution is 8.15. The topological polar surface area (TPSA) is 77.4 Å². The zero-order valence-electron chi connectivity index (χ0n) is 20.7. The minimum Gasteiger partial charge on any atom is -0.507 e. The van der Waals surface area contributed by atoms with Crippen molar-refractivity contribution < 1.29 is 24.1 Å². The monoisotopic (exact) mass is 483 g/mol. The van der Waals surface area contributed by atoms with Crippen LogP contribution in [0.3, 0.4) is 0 Å². The Morgan fingerprint density at radius 2 is 1.88 bits per heavy atom. The molecule has 0 fully saturated rings. The summed E-state index contributed by atoms with van der Waals surface area (Å²) in [4.78, 5) is 15.8.